The number of nitrogens with zero attached hydrogens (tertiary/aromatic N) is 3. The Morgan fingerprint density at radius 1 is 1.12 bits per heavy atom. The molecule has 5 rings (SSSR count). The van der Waals surface area contributed by atoms with E-state index in [4.69, 9.17) is 11.1 Å². The number of nitrogens with two attached hydrogens (primary N) is 1. The molecule has 4 N–H and O–H groups in total. The van der Waals surface area contributed by atoms with Crippen LogP contribution in [0.2, 0.25) is 0 Å². The van der Waals surface area contributed by atoms with Gasteiger partial charge in [0.15, 0.2) is 5.82 Å². The lowest BCUT2D eigenvalue weighted by Crippen LogP contribution is -2.50. The second-order valence-electron chi connectivity index (χ2n) is 9.14. The van der Waals surface area contributed by atoms with Gasteiger partial charge in [0.1, 0.15) is 5.56 Å². The minimum absolute atomic E-state index is 0.124. The Labute approximate surface area is 185 Å². The molecule has 0 amide bonds. The monoisotopic (exact) mass is 445 g/mol. The Balaban J connectivity index is 1.29. The summed E-state index contributed by atoms with van der Waals surface area (Å²) < 4.78 is 38.7. The Bertz CT molecular complexity index is 1000. The molecular weight excluding hydrogens is 417 g/mol. The summed E-state index contributed by atoms with van der Waals surface area (Å²) in [4.78, 5) is 11.8. The van der Waals surface area contributed by atoms with Crippen LogP contribution in [0.4, 0.5) is 19.0 Å². The van der Waals surface area contributed by atoms with Crippen molar-refractivity contribution in [2.75, 3.05) is 37.6 Å². The zero-order valence-electron chi connectivity index (χ0n) is 17.8. The van der Waals surface area contributed by atoms with Gasteiger partial charge >= 0.3 is 18.0 Å². The zero-order chi connectivity index (χ0) is 22.5. The van der Waals surface area contributed by atoms with Crippen LogP contribution in [0, 0.1) is 23.6 Å². The quantitative estimate of drug-likeness (QED) is 0.659. The number of aromatic amines is 1. The van der Waals surface area contributed by atoms with E-state index in [1.807, 2.05) is 0 Å². The Morgan fingerprint density at radius 2 is 1.78 bits per heavy atom. The van der Waals surface area contributed by atoms with Gasteiger partial charge in [-0.05, 0) is 42.4 Å². The molecule has 2 aromatic rings. The van der Waals surface area contributed by atoms with Gasteiger partial charge in [-0.2, -0.15) is 18.2 Å². The number of aromatic nitrogens is 2. The zero-order valence-corrected chi connectivity index (χ0v) is 17.8. The van der Waals surface area contributed by atoms with E-state index in [0.29, 0.717) is 29.8 Å². The van der Waals surface area contributed by atoms with Gasteiger partial charge < -0.3 is 10.6 Å². The number of piperazine rings is 1. The molecule has 2 heterocycles. The Hall–Kier alpha value is -2.57. The van der Waals surface area contributed by atoms with Crippen LogP contribution in [0.25, 0.3) is 0 Å². The van der Waals surface area contributed by atoms with Crippen LogP contribution < -0.4 is 21.1 Å². The van der Waals surface area contributed by atoms with Crippen molar-refractivity contribution in [3.05, 3.63) is 52.8 Å². The first-order valence-electron chi connectivity index (χ1n) is 11.3. The van der Waals surface area contributed by atoms with Gasteiger partial charge in [0.2, 0.25) is 0 Å². The molecule has 170 valence electrons. The van der Waals surface area contributed by atoms with Crippen molar-refractivity contribution >= 4 is 5.82 Å². The number of hydrogen-bond acceptors (Lipinski definition) is 4. The van der Waals surface area contributed by atoms with Gasteiger partial charge in [-0.15, -0.1) is 5.41 Å². The lowest BCUT2D eigenvalue weighted by atomic mass is 10.0. The minimum atomic E-state index is -4.34. The van der Waals surface area contributed by atoms with Crippen molar-refractivity contribution in [3.63, 3.8) is 0 Å². The average molecular weight is 446 g/mol. The van der Waals surface area contributed by atoms with Crippen LogP contribution in [-0.2, 0) is 6.18 Å². The second kappa shape index (κ2) is 8.09. The van der Waals surface area contributed by atoms with Gasteiger partial charge in [0.05, 0.1) is 5.56 Å². The predicted molar refractivity (Wildman–Crippen MR) is 112 cm³/mol. The van der Waals surface area contributed by atoms with Crippen molar-refractivity contribution in [1.29, 1.82) is 5.41 Å². The maximum Gasteiger partial charge on any atom is 0.416 e. The third kappa shape index (κ3) is 3.76. The van der Waals surface area contributed by atoms with Gasteiger partial charge in [-0.3, -0.25) is 4.90 Å². The van der Waals surface area contributed by atoms with Crippen LogP contribution >= 0.6 is 0 Å². The molecule has 3 aliphatic rings. The fraction of sp³-hybridized carbons (Fsp3) is 0.565. The minimum Gasteiger partial charge on any atom is -0.342 e. The highest BCUT2D eigenvalue weighted by atomic mass is 19.4. The maximum atomic E-state index is 12.9. The first-order chi connectivity index (χ1) is 15.4. The first-order valence-corrected chi connectivity index (χ1v) is 11.3. The number of fused-ring (bicyclic) bond motifs is 1. The molecule has 0 spiro atoms. The SMILES string of the molecule is N=c1[n+]#c[nH]c(N2CCN(C(CN)c3ccc(C(F)(F)F)cc3)CC2)c1C1C2CCCC21. The molecule has 1 saturated heterocycles. The third-order valence-corrected chi connectivity index (χ3v) is 7.51. The molecule has 0 bridgehead atoms. The number of benzene rings is 1. The molecule has 3 fully saturated rings. The maximum absolute atomic E-state index is 12.9. The van der Waals surface area contributed by atoms with Crippen LogP contribution in [-0.4, -0.2) is 42.6 Å². The Kier molecular flexibility index (Phi) is 5.38. The van der Waals surface area contributed by atoms with Crippen LogP contribution in [0.3, 0.4) is 0 Å². The van der Waals surface area contributed by atoms with E-state index in [1.165, 1.54) is 31.4 Å². The van der Waals surface area contributed by atoms with Crippen molar-refractivity contribution in [3.8, 4) is 0 Å². The fourth-order valence-corrected chi connectivity index (χ4v) is 5.84. The summed E-state index contributed by atoms with van der Waals surface area (Å²) in [5.41, 5.74) is 7.54. The second-order valence-corrected chi connectivity index (χ2v) is 9.14. The molecule has 1 aromatic carbocycles. The van der Waals surface area contributed by atoms with Gasteiger partial charge in [-0.1, -0.05) is 18.6 Å². The number of alkyl halides is 3. The topological polar surface area (TPSA) is 86.2 Å². The highest BCUT2D eigenvalue weighted by Crippen LogP contribution is 2.63. The van der Waals surface area contributed by atoms with Crippen LogP contribution in [0.15, 0.2) is 24.3 Å². The summed E-state index contributed by atoms with van der Waals surface area (Å²) in [5, 5.41) is 8.40. The largest absolute Gasteiger partial charge is 0.416 e. The van der Waals surface area contributed by atoms with E-state index in [1.54, 1.807) is 0 Å². The van der Waals surface area contributed by atoms with E-state index in [0.717, 1.165) is 55.3 Å². The summed E-state index contributed by atoms with van der Waals surface area (Å²) in [6.07, 6.45) is 2.21. The number of rotatable bonds is 5. The summed E-state index contributed by atoms with van der Waals surface area (Å²) in [5.74, 6) is 2.78. The predicted octanol–water partition coefficient (Wildman–Crippen LogP) is 2.25. The number of nitrogens with one attached hydrogen (secondary N) is 2. The van der Waals surface area contributed by atoms with Crippen LogP contribution in [0.1, 0.15) is 47.9 Å². The number of H-pyrrole nitrogens is 1. The summed E-state index contributed by atoms with van der Waals surface area (Å²) in [6.45, 7) is 3.32. The normalized spacial score (nSPS) is 26.5. The number of halogens is 3. The molecule has 3 atom stereocenters. The van der Waals surface area contributed by atoms with Crippen molar-refractivity contribution in [2.45, 2.75) is 37.4 Å². The van der Waals surface area contributed by atoms with Gasteiger partial charge in [-0.25, -0.2) is 4.98 Å². The van der Waals surface area contributed by atoms with E-state index < -0.39 is 11.7 Å². The van der Waals surface area contributed by atoms with Crippen molar-refractivity contribution < 1.29 is 18.2 Å². The lowest BCUT2D eigenvalue weighted by molar-refractivity contribution is -0.324. The molecule has 1 aliphatic heterocycles. The van der Waals surface area contributed by atoms with E-state index >= 15 is 0 Å². The summed E-state index contributed by atoms with van der Waals surface area (Å²) in [7, 11) is 0. The molecule has 0 radical (unpaired) electrons. The van der Waals surface area contributed by atoms with Crippen molar-refractivity contribution in [2.24, 2.45) is 17.6 Å². The van der Waals surface area contributed by atoms with E-state index in [-0.39, 0.29) is 6.04 Å². The molecule has 1 aromatic heterocycles. The molecular formula is C23H28F3N6+. The summed E-state index contributed by atoms with van der Waals surface area (Å²) >= 11 is 0. The first kappa shape index (κ1) is 21.3. The van der Waals surface area contributed by atoms with Crippen molar-refractivity contribution in [1.82, 2.24) is 9.88 Å². The van der Waals surface area contributed by atoms with Crippen LogP contribution in [0.5, 0.6) is 0 Å². The van der Waals surface area contributed by atoms with E-state index in [9.17, 15) is 13.2 Å². The molecule has 2 saturated carbocycles. The standard InChI is InChI=1S/C23H27F3N6/c24-23(25,26)15-6-4-14(5-7-15)18(12-27)31-8-10-32(11-9-31)22-20(21(28)29-13-30-22)19-16-2-1-3-17(16)19/h4-7,16-19,28H,1-3,8-12,27H2/p+1. The Morgan fingerprint density at radius 3 is 2.38 bits per heavy atom. The molecule has 2 aliphatic carbocycles. The molecule has 32 heavy (non-hydrogen) atoms. The highest BCUT2D eigenvalue weighted by Gasteiger charge is 2.56. The fourth-order valence-electron chi connectivity index (χ4n) is 5.84. The molecule has 6 nitrogen and oxygen atoms in total. The highest BCUT2D eigenvalue weighted by molar-refractivity contribution is 5.50. The molecule has 9 heteroatoms. The molecule has 3 unspecified atom stereocenters. The number of hydrogen-bond donors (Lipinski definition) is 3. The number of anilines is 1. The van der Waals surface area contributed by atoms with Gasteiger partial charge in [0.25, 0.3) is 0 Å². The summed E-state index contributed by atoms with van der Waals surface area (Å²) in [6, 6.07) is 5.21. The average Bonchev–Trinajstić information content (AvgIpc) is 3.23. The van der Waals surface area contributed by atoms with E-state index in [2.05, 4.69) is 26.1 Å². The van der Waals surface area contributed by atoms with Gasteiger partial charge in [0, 0.05) is 44.7 Å². The smallest absolute Gasteiger partial charge is 0.342 e. The third-order valence-electron chi connectivity index (χ3n) is 7.51. The lowest BCUT2D eigenvalue weighted by Gasteiger charge is -2.39.